The quantitative estimate of drug-likeness (QED) is 0.716. The average molecular weight is 394 g/mol. The second kappa shape index (κ2) is 7.75. The van der Waals surface area contributed by atoms with E-state index in [-0.39, 0.29) is 5.56 Å². The van der Waals surface area contributed by atoms with Crippen LogP contribution in [0.4, 0.5) is 5.95 Å². The first-order chi connectivity index (χ1) is 13.9. The second-order valence-corrected chi connectivity index (χ2v) is 7.38. The van der Waals surface area contributed by atoms with Crippen molar-refractivity contribution in [2.45, 2.75) is 27.7 Å². The summed E-state index contributed by atoms with van der Waals surface area (Å²) in [5.41, 5.74) is 3.66. The third-order valence-corrected chi connectivity index (χ3v) is 5.25. The van der Waals surface area contributed by atoms with E-state index in [2.05, 4.69) is 36.8 Å². The zero-order chi connectivity index (χ0) is 20.5. The number of rotatable bonds is 4. The molecule has 9 heteroatoms. The summed E-state index contributed by atoms with van der Waals surface area (Å²) in [7, 11) is 0. The number of H-pyrrole nitrogens is 1. The van der Waals surface area contributed by atoms with Gasteiger partial charge >= 0.3 is 0 Å². The van der Waals surface area contributed by atoms with E-state index in [0.717, 1.165) is 61.3 Å². The van der Waals surface area contributed by atoms with Gasteiger partial charge in [-0.3, -0.25) is 9.89 Å². The van der Waals surface area contributed by atoms with Crippen LogP contribution in [0.2, 0.25) is 0 Å². The minimum atomic E-state index is -0.218. The van der Waals surface area contributed by atoms with E-state index in [1.54, 1.807) is 6.20 Å². The van der Waals surface area contributed by atoms with Crippen molar-refractivity contribution < 1.29 is 0 Å². The maximum Gasteiger partial charge on any atom is 0.274 e. The summed E-state index contributed by atoms with van der Waals surface area (Å²) in [5.74, 6) is 1.07. The standard InChI is InChI=1S/C20H26N8O/c1-5-26-6-8-27(9-7-26)19-21-12-16(15(4)24-19)17-11-18(29)28(25-17)20-22-13(2)10-14(3)23-20/h10-12,25H,5-9H2,1-4H3. The van der Waals surface area contributed by atoms with Crippen LogP contribution in [0.25, 0.3) is 17.2 Å². The van der Waals surface area contributed by atoms with Crippen molar-refractivity contribution >= 4 is 5.95 Å². The Hall–Kier alpha value is -3.07. The summed E-state index contributed by atoms with van der Waals surface area (Å²) < 4.78 is 1.35. The summed E-state index contributed by atoms with van der Waals surface area (Å²) >= 11 is 0. The fourth-order valence-electron chi connectivity index (χ4n) is 3.63. The number of anilines is 1. The number of hydrogen-bond donors (Lipinski definition) is 1. The number of aromatic amines is 1. The van der Waals surface area contributed by atoms with Crippen molar-refractivity contribution in [3.63, 3.8) is 0 Å². The molecule has 0 saturated carbocycles. The largest absolute Gasteiger partial charge is 0.338 e. The van der Waals surface area contributed by atoms with Crippen LogP contribution >= 0.6 is 0 Å². The molecule has 1 aliphatic rings. The molecule has 3 aromatic rings. The maximum absolute atomic E-state index is 12.5. The Balaban J connectivity index is 1.62. The van der Waals surface area contributed by atoms with E-state index >= 15 is 0 Å². The van der Waals surface area contributed by atoms with Gasteiger partial charge in [-0.1, -0.05) is 6.92 Å². The highest BCUT2D eigenvalue weighted by molar-refractivity contribution is 5.61. The fraction of sp³-hybridized carbons (Fsp3) is 0.450. The maximum atomic E-state index is 12.5. The molecule has 1 fully saturated rings. The van der Waals surface area contributed by atoms with Gasteiger partial charge in [0.25, 0.3) is 11.5 Å². The molecule has 4 rings (SSSR count). The molecule has 29 heavy (non-hydrogen) atoms. The summed E-state index contributed by atoms with van der Waals surface area (Å²) in [5, 5.41) is 3.10. The molecule has 1 aliphatic heterocycles. The Morgan fingerprint density at radius 1 is 0.966 bits per heavy atom. The van der Waals surface area contributed by atoms with Crippen LogP contribution in [-0.4, -0.2) is 67.3 Å². The zero-order valence-electron chi connectivity index (χ0n) is 17.3. The molecule has 0 amide bonds. The topological polar surface area (TPSA) is 95.8 Å². The number of piperazine rings is 1. The molecule has 1 N–H and O–H groups in total. The summed E-state index contributed by atoms with van der Waals surface area (Å²) in [6.07, 6.45) is 1.78. The van der Waals surface area contributed by atoms with Crippen molar-refractivity contribution in [1.29, 1.82) is 0 Å². The van der Waals surface area contributed by atoms with Gasteiger partial charge in [0.05, 0.1) is 11.4 Å². The molecule has 9 nitrogen and oxygen atoms in total. The van der Waals surface area contributed by atoms with Crippen LogP contribution in [0.15, 0.2) is 23.1 Å². The number of nitrogens with zero attached hydrogens (tertiary/aromatic N) is 7. The van der Waals surface area contributed by atoms with Gasteiger partial charge in [-0.15, -0.1) is 0 Å². The Morgan fingerprint density at radius 3 is 2.28 bits per heavy atom. The second-order valence-electron chi connectivity index (χ2n) is 7.38. The predicted molar refractivity (Wildman–Crippen MR) is 112 cm³/mol. The molecule has 0 atom stereocenters. The van der Waals surface area contributed by atoms with Gasteiger partial charge in [0.2, 0.25) is 5.95 Å². The predicted octanol–water partition coefficient (Wildman–Crippen LogP) is 1.48. The van der Waals surface area contributed by atoms with E-state index in [9.17, 15) is 4.79 Å². The first-order valence-corrected chi connectivity index (χ1v) is 9.90. The lowest BCUT2D eigenvalue weighted by Gasteiger charge is -2.34. The van der Waals surface area contributed by atoms with Crippen LogP contribution in [0.5, 0.6) is 0 Å². The number of aromatic nitrogens is 6. The first kappa shape index (κ1) is 19.3. The van der Waals surface area contributed by atoms with E-state index in [1.165, 1.54) is 10.7 Å². The molecule has 0 radical (unpaired) electrons. The van der Waals surface area contributed by atoms with Crippen LogP contribution in [0.3, 0.4) is 0 Å². The van der Waals surface area contributed by atoms with Crippen LogP contribution < -0.4 is 10.5 Å². The highest BCUT2D eigenvalue weighted by Gasteiger charge is 2.19. The highest BCUT2D eigenvalue weighted by atomic mass is 16.1. The smallest absolute Gasteiger partial charge is 0.274 e. The monoisotopic (exact) mass is 394 g/mol. The van der Waals surface area contributed by atoms with Crippen LogP contribution in [-0.2, 0) is 0 Å². The number of likely N-dealkylation sites (N-methyl/N-ethyl adjacent to an activating group) is 1. The molecular formula is C20H26N8O. The molecule has 0 aliphatic carbocycles. The summed E-state index contributed by atoms with van der Waals surface area (Å²) in [4.78, 5) is 35.1. The molecule has 4 heterocycles. The average Bonchev–Trinajstić information content (AvgIpc) is 3.08. The molecular weight excluding hydrogens is 368 g/mol. The lowest BCUT2D eigenvalue weighted by Crippen LogP contribution is -2.46. The van der Waals surface area contributed by atoms with Gasteiger partial charge in [-0.2, -0.15) is 4.68 Å². The van der Waals surface area contributed by atoms with E-state index in [0.29, 0.717) is 11.6 Å². The van der Waals surface area contributed by atoms with Gasteiger partial charge in [-0.05, 0) is 33.4 Å². The molecule has 0 bridgehead atoms. The van der Waals surface area contributed by atoms with Crippen molar-refractivity contribution in [2.24, 2.45) is 0 Å². The third kappa shape index (κ3) is 3.91. The SMILES string of the molecule is CCN1CCN(c2ncc(-c3cc(=O)n(-c4nc(C)cc(C)n4)[nH]3)c(C)n2)CC1. The molecule has 1 saturated heterocycles. The van der Waals surface area contributed by atoms with Crippen molar-refractivity contribution in [3.8, 4) is 17.2 Å². The van der Waals surface area contributed by atoms with E-state index in [4.69, 9.17) is 4.98 Å². The van der Waals surface area contributed by atoms with Crippen LogP contribution in [0.1, 0.15) is 24.0 Å². The Morgan fingerprint density at radius 2 is 1.66 bits per heavy atom. The third-order valence-electron chi connectivity index (χ3n) is 5.25. The minimum absolute atomic E-state index is 0.218. The summed E-state index contributed by atoms with van der Waals surface area (Å²) in [6.45, 7) is 12.8. The highest BCUT2D eigenvalue weighted by Crippen LogP contribution is 2.21. The van der Waals surface area contributed by atoms with Crippen molar-refractivity contribution in [2.75, 3.05) is 37.6 Å². The van der Waals surface area contributed by atoms with Gasteiger partial charge < -0.3 is 9.80 Å². The Kier molecular flexibility index (Phi) is 5.14. The molecule has 3 aromatic heterocycles. The number of aryl methyl sites for hydroxylation is 3. The van der Waals surface area contributed by atoms with Crippen molar-refractivity contribution in [3.05, 3.63) is 45.8 Å². The zero-order valence-corrected chi connectivity index (χ0v) is 17.3. The summed E-state index contributed by atoms with van der Waals surface area (Å²) in [6, 6.07) is 3.40. The number of hydrogen-bond acceptors (Lipinski definition) is 7. The van der Waals surface area contributed by atoms with Gasteiger partial charge in [0.15, 0.2) is 0 Å². The molecule has 152 valence electrons. The normalized spacial score (nSPS) is 15.1. The van der Waals surface area contributed by atoms with Crippen molar-refractivity contribution in [1.82, 2.24) is 34.6 Å². The molecule has 0 unspecified atom stereocenters. The van der Waals surface area contributed by atoms with Crippen LogP contribution in [0, 0.1) is 20.8 Å². The Labute approximate surface area is 169 Å². The van der Waals surface area contributed by atoms with E-state index < -0.39 is 0 Å². The first-order valence-electron chi connectivity index (χ1n) is 9.90. The fourth-order valence-corrected chi connectivity index (χ4v) is 3.63. The Bertz CT molecular complexity index is 1060. The van der Waals surface area contributed by atoms with E-state index in [1.807, 2.05) is 26.8 Å². The number of nitrogens with one attached hydrogen (secondary N) is 1. The molecule has 0 aromatic carbocycles. The molecule has 0 spiro atoms. The van der Waals surface area contributed by atoms with Gasteiger partial charge in [0.1, 0.15) is 0 Å². The lowest BCUT2D eigenvalue weighted by atomic mass is 10.2. The lowest BCUT2D eigenvalue weighted by molar-refractivity contribution is 0.270. The minimum Gasteiger partial charge on any atom is -0.338 e. The van der Waals surface area contributed by atoms with Gasteiger partial charge in [-0.25, -0.2) is 19.9 Å². The van der Waals surface area contributed by atoms with Gasteiger partial charge in [0, 0.05) is 55.4 Å².